The van der Waals surface area contributed by atoms with E-state index in [1.165, 1.54) is 87.6 Å². The molecule has 9 aromatic carbocycles. The number of fused-ring (bicyclic) bond motifs is 6. The van der Waals surface area contributed by atoms with Crippen molar-refractivity contribution in [1.82, 2.24) is 0 Å². The van der Waals surface area contributed by atoms with E-state index in [-0.39, 0.29) is 0 Å². The lowest BCUT2D eigenvalue weighted by atomic mass is 9.91. The molecule has 0 nitrogen and oxygen atoms in total. The van der Waals surface area contributed by atoms with Gasteiger partial charge in [-0.05, 0) is 124 Å². The molecular weight excluding hydrogens is 553 g/mol. The van der Waals surface area contributed by atoms with E-state index in [0.717, 1.165) is 0 Å². The zero-order chi connectivity index (χ0) is 30.5. The van der Waals surface area contributed by atoms with Crippen molar-refractivity contribution in [3.05, 3.63) is 182 Å². The molecule has 0 bridgehead atoms. The summed E-state index contributed by atoms with van der Waals surface area (Å²) in [5.41, 5.74) is 9.82. The third kappa shape index (κ3) is 4.64. The van der Waals surface area contributed by atoms with Crippen molar-refractivity contribution in [2.45, 2.75) is 0 Å². The lowest BCUT2D eigenvalue weighted by molar-refractivity contribution is 1.57. The maximum Gasteiger partial charge on any atom is -0.00987 e. The van der Waals surface area contributed by atoms with Gasteiger partial charge in [0, 0.05) is 0 Å². The highest BCUT2D eigenvalue weighted by Crippen LogP contribution is 2.37. The topological polar surface area (TPSA) is 0 Å². The van der Waals surface area contributed by atoms with Gasteiger partial charge in [-0.3, -0.25) is 0 Å². The van der Waals surface area contributed by atoms with Crippen LogP contribution in [0.3, 0.4) is 0 Å². The van der Waals surface area contributed by atoms with Gasteiger partial charge in [-0.15, -0.1) is 0 Å². The Labute approximate surface area is 268 Å². The third-order valence-electron chi connectivity index (χ3n) is 9.40. The second-order valence-electron chi connectivity index (χ2n) is 12.2. The fourth-order valence-electron chi connectivity index (χ4n) is 6.99. The molecule has 0 atom stereocenters. The Bertz CT molecular complexity index is 2500. The normalized spacial score (nSPS) is 11.5. The average molecular weight is 583 g/mol. The number of rotatable bonds is 4. The molecule has 0 aliphatic rings. The van der Waals surface area contributed by atoms with Crippen LogP contribution < -0.4 is 0 Å². The van der Waals surface area contributed by atoms with E-state index in [9.17, 15) is 0 Å². The molecule has 0 saturated carbocycles. The Balaban J connectivity index is 1.13. The molecule has 0 unspecified atom stereocenters. The van der Waals surface area contributed by atoms with Gasteiger partial charge in [-0.1, -0.05) is 146 Å². The predicted octanol–water partition coefficient (Wildman–Crippen LogP) is 13.0. The van der Waals surface area contributed by atoms with Crippen LogP contribution >= 0.6 is 0 Å². The predicted molar refractivity (Wildman–Crippen MR) is 198 cm³/mol. The first-order valence-electron chi connectivity index (χ1n) is 15.9. The van der Waals surface area contributed by atoms with E-state index in [0.29, 0.717) is 0 Å². The monoisotopic (exact) mass is 582 g/mol. The van der Waals surface area contributed by atoms with E-state index in [1.807, 2.05) is 0 Å². The summed E-state index contributed by atoms with van der Waals surface area (Å²) in [5.74, 6) is 0. The van der Waals surface area contributed by atoms with E-state index in [1.54, 1.807) is 0 Å². The van der Waals surface area contributed by atoms with Crippen molar-refractivity contribution in [1.29, 1.82) is 0 Å². The first-order chi connectivity index (χ1) is 22.8. The summed E-state index contributed by atoms with van der Waals surface area (Å²) in [7, 11) is 0. The standard InChI is InChI=1S/C46H30/c1-3-9-31(10-4-1)40-27-41(32-11-5-2-6-12-32)29-42(28-40)38-20-19-35-25-37(18-17-36(35)26-38)39-16-15-34-22-23-44-43-14-8-7-13-33(43)21-24-45(44)46(34)30-39/h1-30H. The highest BCUT2D eigenvalue weighted by atomic mass is 14.1. The second-order valence-corrected chi connectivity index (χ2v) is 12.2. The summed E-state index contributed by atoms with van der Waals surface area (Å²) in [4.78, 5) is 0. The van der Waals surface area contributed by atoms with Crippen molar-refractivity contribution >= 4 is 43.1 Å². The molecule has 0 heteroatoms. The van der Waals surface area contributed by atoms with Gasteiger partial charge in [-0.25, -0.2) is 0 Å². The third-order valence-corrected chi connectivity index (χ3v) is 9.40. The average Bonchev–Trinajstić information content (AvgIpc) is 3.14. The van der Waals surface area contributed by atoms with Gasteiger partial charge in [0.1, 0.15) is 0 Å². The summed E-state index contributed by atoms with van der Waals surface area (Å²) in [6.45, 7) is 0. The van der Waals surface area contributed by atoms with Gasteiger partial charge in [0.15, 0.2) is 0 Å². The highest BCUT2D eigenvalue weighted by molar-refractivity contribution is 6.17. The number of hydrogen-bond acceptors (Lipinski definition) is 0. The van der Waals surface area contributed by atoms with Gasteiger partial charge >= 0.3 is 0 Å². The van der Waals surface area contributed by atoms with E-state index in [4.69, 9.17) is 0 Å². The SMILES string of the molecule is c1ccc(-c2cc(-c3ccccc3)cc(-c3ccc4cc(-c5ccc6ccc7c8ccccc8ccc7c6c5)ccc4c3)c2)cc1. The summed E-state index contributed by atoms with van der Waals surface area (Å²) >= 11 is 0. The lowest BCUT2D eigenvalue weighted by Gasteiger charge is -2.13. The van der Waals surface area contributed by atoms with E-state index in [2.05, 4.69) is 182 Å². The Morgan fingerprint density at radius 2 is 0.587 bits per heavy atom. The summed E-state index contributed by atoms with van der Waals surface area (Å²) in [6.07, 6.45) is 0. The van der Waals surface area contributed by atoms with Gasteiger partial charge < -0.3 is 0 Å². The summed E-state index contributed by atoms with van der Waals surface area (Å²) in [5, 5.41) is 10.2. The molecule has 0 saturated heterocycles. The fourth-order valence-corrected chi connectivity index (χ4v) is 6.99. The first-order valence-corrected chi connectivity index (χ1v) is 15.9. The fraction of sp³-hybridized carbons (Fsp3) is 0. The van der Waals surface area contributed by atoms with Crippen LogP contribution in [0.5, 0.6) is 0 Å². The summed E-state index contributed by atoms with van der Waals surface area (Å²) in [6, 6.07) is 66.6. The molecule has 9 rings (SSSR count). The molecule has 9 aromatic rings. The molecule has 0 aromatic heterocycles. The van der Waals surface area contributed by atoms with Crippen molar-refractivity contribution in [2.75, 3.05) is 0 Å². The van der Waals surface area contributed by atoms with Crippen molar-refractivity contribution < 1.29 is 0 Å². The molecule has 0 aliphatic carbocycles. The first kappa shape index (κ1) is 26.4. The van der Waals surface area contributed by atoms with Crippen molar-refractivity contribution in [2.24, 2.45) is 0 Å². The Kier molecular flexibility index (Phi) is 6.25. The summed E-state index contributed by atoms with van der Waals surface area (Å²) < 4.78 is 0. The van der Waals surface area contributed by atoms with Gasteiger partial charge in [0.25, 0.3) is 0 Å². The van der Waals surface area contributed by atoms with Crippen molar-refractivity contribution in [3.63, 3.8) is 0 Å². The second kappa shape index (κ2) is 10.9. The van der Waals surface area contributed by atoms with E-state index >= 15 is 0 Å². The minimum absolute atomic E-state index is 1.22. The molecular formula is C46H30. The van der Waals surface area contributed by atoms with Crippen molar-refractivity contribution in [3.8, 4) is 44.5 Å². The van der Waals surface area contributed by atoms with Crippen LogP contribution in [0.15, 0.2) is 182 Å². The molecule has 0 N–H and O–H groups in total. The highest BCUT2D eigenvalue weighted by Gasteiger charge is 2.10. The zero-order valence-corrected chi connectivity index (χ0v) is 25.3. The van der Waals surface area contributed by atoms with Crippen LogP contribution in [0.2, 0.25) is 0 Å². The number of benzene rings is 9. The quantitative estimate of drug-likeness (QED) is 0.181. The van der Waals surface area contributed by atoms with Crippen LogP contribution in [0.25, 0.3) is 87.6 Å². The largest absolute Gasteiger partial charge is 0.0622 e. The van der Waals surface area contributed by atoms with Crippen LogP contribution in [-0.2, 0) is 0 Å². The maximum absolute atomic E-state index is 2.36. The van der Waals surface area contributed by atoms with E-state index < -0.39 is 0 Å². The zero-order valence-electron chi connectivity index (χ0n) is 25.3. The Morgan fingerprint density at radius 3 is 1.20 bits per heavy atom. The van der Waals surface area contributed by atoms with Crippen LogP contribution in [0.1, 0.15) is 0 Å². The molecule has 0 heterocycles. The minimum atomic E-state index is 1.22. The minimum Gasteiger partial charge on any atom is -0.0622 e. The molecule has 0 amide bonds. The van der Waals surface area contributed by atoms with Crippen LogP contribution in [0, 0.1) is 0 Å². The van der Waals surface area contributed by atoms with Gasteiger partial charge in [-0.2, -0.15) is 0 Å². The van der Waals surface area contributed by atoms with Crippen LogP contribution in [-0.4, -0.2) is 0 Å². The molecule has 0 radical (unpaired) electrons. The van der Waals surface area contributed by atoms with Gasteiger partial charge in [0.2, 0.25) is 0 Å². The van der Waals surface area contributed by atoms with Crippen LogP contribution in [0.4, 0.5) is 0 Å². The molecule has 46 heavy (non-hydrogen) atoms. The lowest BCUT2D eigenvalue weighted by Crippen LogP contribution is -1.87. The Morgan fingerprint density at radius 1 is 0.174 bits per heavy atom. The molecule has 0 spiro atoms. The molecule has 0 aliphatic heterocycles. The van der Waals surface area contributed by atoms with Gasteiger partial charge in [0.05, 0.1) is 0 Å². The molecule has 214 valence electrons. The number of hydrogen-bond donors (Lipinski definition) is 0. The Hall–Kier alpha value is -5.98. The smallest absolute Gasteiger partial charge is 0.00987 e. The maximum atomic E-state index is 2.36. The molecule has 0 fully saturated rings.